The highest BCUT2D eigenvalue weighted by atomic mass is 19.4. The SMILES string of the molecule is CC(=O)c1ccc(OCc2ccc(C(=O)Nc3c(C)nn(Cc4cccc(C(F)(F)F)c4)c3C)o2)cc1. The monoisotopic (exact) mass is 511 g/mol. The molecule has 0 aliphatic heterocycles. The molecule has 1 N–H and O–H groups in total. The first-order valence-electron chi connectivity index (χ1n) is 11.4. The lowest BCUT2D eigenvalue weighted by Gasteiger charge is -2.10. The van der Waals surface area contributed by atoms with E-state index in [0.29, 0.717) is 39.7 Å². The Morgan fingerprint density at radius 1 is 1.05 bits per heavy atom. The van der Waals surface area contributed by atoms with E-state index in [-0.39, 0.29) is 24.7 Å². The fraction of sp³-hybridized carbons (Fsp3) is 0.222. The Balaban J connectivity index is 1.41. The summed E-state index contributed by atoms with van der Waals surface area (Å²) in [7, 11) is 0. The number of anilines is 1. The number of amides is 1. The van der Waals surface area contributed by atoms with Gasteiger partial charge in [0.25, 0.3) is 5.91 Å². The molecule has 2 heterocycles. The van der Waals surface area contributed by atoms with Crippen LogP contribution in [0.3, 0.4) is 0 Å². The third-order valence-electron chi connectivity index (χ3n) is 5.73. The third-order valence-corrected chi connectivity index (χ3v) is 5.73. The molecule has 192 valence electrons. The van der Waals surface area contributed by atoms with Crippen LogP contribution in [0.1, 0.15) is 56.1 Å². The van der Waals surface area contributed by atoms with Gasteiger partial charge in [0.1, 0.15) is 18.1 Å². The van der Waals surface area contributed by atoms with Gasteiger partial charge in [-0.15, -0.1) is 0 Å². The molecule has 2 aromatic carbocycles. The topological polar surface area (TPSA) is 86.4 Å². The number of hydrogen-bond acceptors (Lipinski definition) is 5. The van der Waals surface area contributed by atoms with Gasteiger partial charge in [0.05, 0.1) is 29.2 Å². The zero-order valence-electron chi connectivity index (χ0n) is 20.3. The van der Waals surface area contributed by atoms with Crippen LogP contribution in [-0.2, 0) is 19.3 Å². The standard InChI is InChI=1S/C27H24F3N3O4/c1-16-25(17(2)33(32-16)14-19-5-4-6-21(13-19)27(28,29)30)31-26(35)24-12-11-23(37-24)15-36-22-9-7-20(8-10-22)18(3)34/h4-13H,14-15H2,1-3H3,(H,31,35). The zero-order chi connectivity index (χ0) is 26.7. The summed E-state index contributed by atoms with van der Waals surface area (Å²) in [5.41, 5.74) is 1.84. The fourth-order valence-corrected chi connectivity index (χ4v) is 3.74. The summed E-state index contributed by atoms with van der Waals surface area (Å²) >= 11 is 0. The van der Waals surface area contributed by atoms with Gasteiger partial charge in [-0.1, -0.05) is 12.1 Å². The molecular formula is C27H24F3N3O4. The number of ether oxygens (including phenoxy) is 1. The lowest BCUT2D eigenvalue weighted by atomic mass is 10.1. The first-order valence-corrected chi connectivity index (χ1v) is 11.4. The molecule has 2 aromatic heterocycles. The third kappa shape index (κ3) is 6.08. The highest BCUT2D eigenvalue weighted by Crippen LogP contribution is 2.30. The van der Waals surface area contributed by atoms with Crippen LogP contribution < -0.4 is 10.1 Å². The molecule has 0 aliphatic carbocycles. The molecule has 0 saturated carbocycles. The molecule has 0 saturated heterocycles. The van der Waals surface area contributed by atoms with Crippen LogP contribution >= 0.6 is 0 Å². The molecule has 0 spiro atoms. The van der Waals surface area contributed by atoms with Gasteiger partial charge in [0, 0.05) is 5.56 Å². The molecule has 0 bridgehead atoms. The quantitative estimate of drug-likeness (QED) is 0.285. The number of Topliss-reactive ketones (excluding diaryl/α,β-unsaturated/α-hetero) is 1. The van der Waals surface area contributed by atoms with E-state index in [1.165, 1.54) is 19.1 Å². The molecule has 7 nitrogen and oxygen atoms in total. The minimum Gasteiger partial charge on any atom is -0.486 e. The van der Waals surface area contributed by atoms with Gasteiger partial charge in [-0.05, 0) is 74.9 Å². The predicted octanol–water partition coefficient (Wildman–Crippen LogP) is 6.19. The van der Waals surface area contributed by atoms with Gasteiger partial charge < -0.3 is 14.5 Å². The van der Waals surface area contributed by atoms with Crippen molar-refractivity contribution in [2.45, 2.75) is 40.1 Å². The fourth-order valence-electron chi connectivity index (χ4n) is 3.74. The van der Waals surface area contributed by atoms with Crippen molar-refractivity contribution in [1.82, 2.24) is 9.78 Å². The summed E-state index contributed by atoms with van der Waals surface area (Å²) in [4.78, 5) is 24.2. The Labute approximate surface area is 210 Å². The number of furan rings is 1. The van der Waals surface area contributed by atoms with E-state index >= 15 is 0 Å². The average molecular weight is 512 g/mol. The van der Waals surface area contributed by atoms with E-state index in [0.717, 1.165) is 12.1 Å². The molecule has 0 unspecified atom stereocenters. The first-order chi connectivity index (χ1) is 17.5. The Morgan fingerprint density at radius 3 is 2.46 bits per heavy atom. The van der Waals surface area contributed by atoms with Gasteiger partial charge in [-0.3, -0.25) is 14.3 Å². The maximum Gasteiger partial charge on any atom is 0.416 e. The van der Waals surface area contributed by atoms with Crippen molar-refractivity contribution in [2.75, 3.05) is 5.32 Å². The van der Waals surface area contributed by atoms with Crippen LogP contribution in [0.2, 0.25) is 0 Å². The second kappa shape index (κ2) is 10.3. The van der Waals surface area contributed by atoms with Crippen molar-refractivity contribution in [2.24, 2.45) is 0 Å². The Hall–Kier alpha value is -4.34. The predicted molar refractivity (Wildman–Crippen MR) is 130 cm³/mol. The molecule has 4 rings (SSSR count). The van der Waals surface area contributed by atoms with Crippen molar-refractivity contribution in [3.8, 4) is 5.75 Å². The summed E-state index contributed by atoms with van der Waals surface area (Å²) in [6, 6.07) is 14.9. The van der Waals surface area contributed by atoms with Crippen molar-refractivity contribution in [3.63, 3.8) is 0 Å². The molecule has 37 heavy (non-hydrogen) atoms. The van der Waals surface area contributed by atoms with Crippen LogP contribution in [0.15, 0.2) is 65.1 Å². The Morgan fingerprint density at radius 2 is 1.78 bits per heavy atom. The molecule has 0 fully saturated rings. The van der Waals surface area contributed by atoms with E-state index in [1.54, 1.807) is 54.9 Å². The van der Waals surface area contributed by atoms with Gasteiger partial charge in [0.2, 0.25) is 0 Å². The van der Waals surface area contributed by atoms with Gasteiger partial charge >= 0.3 is 6.18 Å². The van der Waals surface area contributed by atoms with E-state index in [9.17, 15) is 22.8 Å². The zero-order valence-corrected chi connectivity index (χ0v) is 20.3. The molecule has 0 atom stereocenters. The maximum absolute atomic E-state index is 13.0. The highest BCUT2D eigenvalue weighted by molar-refractivity contribution is 6.03. The van der Waals surface area contributed by atoms with Crippen LogP contribution in [0.25, 0.3) is 0 Å². The number of nitrogens with one attached hydrogen (secondary N) is 1. The number of alkyl halides is 3. The number of hydrogen-bond donors (Lipinski definition) is 1. The molecule has 4 aromatic rings. The molecular weight excluding hydrogens is 487 g/mol. The average Bonchev–Trinajstić information content (AvgIpc) is 3.43. The summed E-state index contributed by atoms with van der Waals surface area (Å²) < 4.78 is 51.9. The number of aryl methyl sites for hydroxylation is 1. The van der Waals surface area contributed by atoms with E-state index in [1.807, 2.05) is 0 Å². The normalized spacial score (nSPS) is 11.4. The smallest absolute Gasteiger partial charge is 0.416 e. The van der Waals surface area contributed by atoms with Crippen LogP contribution in [-0.4, -0.2) is 21.5 Å². The highest BCUT2D eigenvalue weighted by Gasteiger charge is 2.30. The van der Waals surface area contributed by atoms with Crippen molar-refractivity contribution in [1.29, 1.82) is 0 Å². The first kappa shape index (κ1) is 25.7. The number of carbonyl (C=O) groups is 2. The largest absolute Gasteiger partial charge is 0.486 e. The maximum atomic E-state index is 13.0. The number of ketones is 1. The number of benzene rings is 2. The van der Waals surface area contributed by atoms with E-state index in [4.69, 9.17) is 9.15 Å². The Kier molecular flexibility index (Phi) is 7.19. The number of halogens is 3. The molecule has 10 heteroatoms. The van der Waals surface area contributed by atoms with Crippen molar-refractivity contribution >= 4 is 17.4 Å². The summed E-state index contributed by atoms with van der Waals surface area (Å²) in [5.74, 6) is 0.498. The second-order valence-electron chi connectivity index (χ2n) is 8.49. The number of nitrogens with zero attached hydrogens (tertiary/aromatic N) is 2. The van der Waals surface area contributed by atoms with Gasteiger partial charge in [-0.2, -0.15) is 18.3 Å². The van der Waals surface area contributed by atoms with Crippen LogP contribution in [0.5, 0.6) is 5.75 Å². The number of rotatable bonds is 8. The second-order valence-corrected chi connectivity index (χ2v) is 8.49. The number of carbonyl (C=O) groups excluding carboxylic acids is 2. The summed E-state index contributed by atoms with van der Waals surface area (Å²) in [5, 5.41) is 7.15. The molecule has 0 radical (unpaired) electrons. The van der Waals surface area contributed by atoms with E-state index in [2.05, 4.69) is 10.4 Å². The van der Waals surface area contributed by atoms with Crippen LogP contribution in [0, 0.1) is 13.8 Å². The van der Waals surface area contributed by atoms with Crippen molar-refractivity contribution in [3.05, 3.63) is 100 Å². The summed E-state index contributed by atoms with van der Waals surface area (Å²) in [6.07, 6.45) is -4.43. The van der Waals surface area contributed by atoms with Gasteiger partial charge in [0.15, 0.2) is 11.5 Å². The molecule has 0 aliphatic rings. The lowest BCUT2D eigenvalue weighted by molar-refractivity contribution is -0.137. The lowest BCUT2D eigenvalue weighted by Crippen LogP contribution is -2.13. The Bertz CT molecular complexity index is 1440. The molecule has 1 amide bonds. The minimum atomic E-state index is -4.43. The summed E-state index contributed by atoms with van der Waals surface area (Å²) in [6.45, 7) is 5.10. The van der Waals surface area contributed by atoms with Gasteiger partial charge in [-0.25, -0.2) is 0 Å². The van der Waals surface area contributed by atoms with Crippen molar-refractivity contribution < 1.29 is 31.9 Å². The number of aromatic nitrogens is 2. The van der Waals surface area contributed by atoms with Crippen LogP contribution in [0.4, 0.5) is 18.9 Å². The van der Waals surface area contributed by atoms with E-state index < -0.39 is 17.6 Å². The minimum absolute atomic E-state index is 0.0417.